The number of nitrogens with one attached hydrogen (secondary N) is 1. The van der Waals surface area contributed by atoms with Crippen LogP contribution in [-0.4, -0.2) is 70.3 Å². The van der Waals surface area contributed by atoms with Crippen molar-refractivity contribution in [2.45, 2.75) is 38.7 Å². The summed E-state index contributed by atoms with van der Waals surface area (Å²) in [6.07, 6.45) is -4.16. The molecule has 14 heteroatoms. The fourth-order valence-electron chi connectivity index (χ4n) is 3.61. The number of aromatic amines is 1. The van der Waals surface area contributed by atoms with E-state index < -0.39 is 36.2 Å². The van der Waals surface area contributed by atoms with Gasteiger partial charge in [-0.3, -0.25) is 29.0 Å². The molecule has 0 aliphatic carbocycles. The first kappa shape index (κ1) is 25.0. The van der Waals surface area contributed by atoms with Gasteiger partial charge < -0.3 is 23.5 Å². The zero-order valence-corrected chi connectivity index (χ0v) is 18.5. The molecule has 0 aromatic heterocycles. The molecule has 0 saturated carbocycles. The molecule has 2 heterocycles. The second kappa shape index (κ2) is 11.0. The van der Waals surface area contributed by atoms with Crippen LogP contribution in [0.3, 0.4) is 0 Å². The highest BCUT2D eigenvalue weighted by Crippen LogP contribution is 2.25. The summed E-state index contributed by atoms with van der Waals surface area (Å²) in [4.78, 5) is 78.9. The van der Waals surface area contributed by atoms with Gasteiger partial charge in [-0.25, -0.2) is 9.78 Å². The lowest BCUT2D eigenvalue weighted by Gasteiger charge is -2.30. The molecule has 3 unspecified atom stereocenters. The molecule has 0 bridgehead atoms. The summed E-state index contributed by atoms with van der Waals surface area (Å²) >= 11 is 0. The number of nitrogens with zero attached hydrogens (tertiary/aromatic N) is 3. The molecule has 2 aliphatic rings. The van der Waals surface area contributed by atoms with E-state index in [0.717, 1.165) is 11.1 Å². The van der Waals surface area contributed by atoms with Gasteiger partial charge in [-0.15, -0.1) is 0 Å². The monoisotopic (exact) mass is 488 g/mol. The smallest absolute Gasteiger partial charge is 0.349 e. The first-order valence-electron chi connectivity index (χ1n) is 10.1. The Morgan fingerprint density at radius 1 is 0.914 bits per heavy atom. The standard InChI is InChI=1S/C21H20N4O10/c1-11-3-13-14(4-12(11)2)25(19-17(22-13)20(30)24-21(31)23-19)5-15(33-8-27)18(35-10-29)16(34-9-28)6-32-7-26/h3-4,7-10,15-16,18H,5-6H2,1-2H3,(H,24,30,31). The van der Waals surface area contributed by atoms with Crippen LogP contribution in [-0.2, 0) is 44.7 Å². The fraction of sp³-hybridized carbons (Fsp3) is 0.333. The number of carbonyl (C=O) groups excluding carboxylic acids is 4. The average Bonchev–Trinajstić information content (AvgIpc) is 2.81. The third-order valence-electron chi connectivity index (χ3n) is 5.32. The number of benzene rings is 1. The van der Waals surface area contributed by atoms with Crippen molar-refractivity contribution in [3.63, 3.8) is 0 Å². The number of H-pyrrole nitrogens is 1. The van der Waals surface area contributed by atoms with E-state index in [-0.39, 0.29) is 44.0 Å². The van der Waals surface area contributed by atoms with E-state index in [1.54, 1.807) is 12.1 Å². The number of aromatic nitrogens is 4. The molecule has 3 atom stereocenters. The topological polar surface area (TPSA) is 186 Å². The maximum absolute atomic E-state index is 12.5. The van der Waals surface area contributed by atoms with E-state index in [0.29, 0.717) is 11.0 Å². The minimum Gasteiger partial charge on any atom is -0.464 e. The van der Waals surface area contributed by atoms with Gasteiger partial charge in [-0.1, -0.05) is 0 Å². The lowest BCUT2D eigenvalue weighted by molar-refractivity contribution is -0.175. The van der Waals surface area contributed by atoms with Gasteiger partial charge in [0.15, 0.2) is 29.8 Å². The van der Waals surface area contributed by atoms with Crippen molar-refractivity contribution in [3.8, 4) is 11.5 Å². The number of rotatable bonds is 13. The number of hydrogen-bond donors (Lipinski definition) is 1. The van der Waals surface area contributed by atoms with E-state index in [4.69, 9.17) is 14.2 Å². The Kier molecular flexibility index (Phi) is 7.86. The number of ether oxygens (including phenoxy) is 4. The molecule has 0 spiro atoms. The Balaban J connectivity index is 2.24. The highest BCUT2D eigenvalue weighted by molar-refractivity contribution is 5.81. The fourth-order valence-corrected chi connectivity index (χ4v) is 3.61. The van der Waals surface area contributed by atoms with Gasteiger partial charge in [0, 0.05) is 0 Å². The van der Waals surface area contributed by atoms with E-state index in [1.807, 2.05) is 18.8 Å². The van der Waals surface area contributed by atoms with E-state index in [1.165, 1.54) is 4.57 Å². The van der Waals surface area contributed by atoms with Gasteiger partial charge in [0.05, 0.1) is 17.6 Å². The van der Waals surface area contributed by atoms with Gasteiger partial charge in [0.1, 0.15) is 6.61 Å². The summed E-state index contributed by atoms with van der Waals surface area (Å²) in [6, 6.07) is 3.45. The molecule has 1 aromatic rings. The average molecular weight is 488 g/mol. The number of carbonyl (C=O) groups is 4. The maximum Gasteiger partial charge on any atom is 0.349 e. The van der Waals surface area contributed by atoms with E-state index >= 15 is 0 Å². The Labute approximate surface area is 196 Å². The van der Waals surface area contributed by atoms with Crippen LogP contribution in [0.25, 0.3) is 22.6 Å². The van der Waals surface area contributed by atoms with Crippen LogP contribution < -0.4 is 11.2 Å². The molecule has 2 aliphatic heterocycles. The Morgan fingerprint density at radius 3 is 2.23 bits per heavy atom. The predicted octanol–water partition coefficient (Wildman–Crippen LogP) is -1.00. The van der Waals surface area contributed by atoms with Crippen molar-refractivity contribution in [1.82, 2.24) is 19.5 Å². The zero-order valence-electron chi connectivity index (χ0n) is 18.5. The minimum absolute atomic E-state index is 0.0353. The third kappa shape index (κ3) is 5.31. The summed E-state index contributed by atoms with van der Waals surface area (Å²) in [5.41, 5.74) is 0.612. The molecule has 0 amide bonds. The Morgan fingerprint density at radius 2 is 1.57 bits per heavy atom. The van der Waals surface area contributed by atoms with Crippen molar-refractivity contribution in [1.29, 1.82) is 0 Å². The molecular formula is C21H20N4O10. The lowest BCUT2D eigenvalue weighted by Crippen LogP contribution is -2.47. The number of hydrogen-bond acceptors (Lipinski definition) is 12. The summed E-state index contributed by atoms with van der Waals surface area (Å²) < 4.78 is 21.1. The van der Waals surface area contributed by atoms with Crippen molar-refractivity contribution in [2.24, 2.45) is 0 Å². The van der Waals surface area contributed by atoms with Crippen LogP contribution in [0.1, 0.15) is 11.1 Å². The van der Waals surface area contributed by atoms with E-state index in [9.17, 15) is 28.8 Å². The van der Waals surface area contributed by atoms with Gasteiger partial charge in [-0.2, -0.15) is 4.98 Å². The number of aryl methyl sites for hydroxylation is 2. The van der Waals surface area contributed by atoms with Gasteiger partial charge in [-0.05, 0) is 37.1 Å². The summed E-state index contributed by atoms with van der Waals surface area (Å²) in [5, 5.41) is 0. The molecule has 14 nitrogen and oxygen atoms in total. The Bertz CT molecular complexity index is 1330. The first-order chi connectivity index (χ1) is 16.8. The zero-order chi connectivity index (χ0) is 25.5. The van der Waals surface area contributed by atoms with E-state index in [2.05, 4.69) is 14.7 Å². The molecule has 0 fully saturated rings. The second-order valence-electron chi connectivity index (χ2n) is 7.36. The maximum atomic E-state index is 12.5. The van der Waals surface area contributed by atoms with Crippen LogP contribution in [0.5, 0.6) is 0 Å². The Hall–Kier alpha value is -4.62. The largest absolute Gasteiger partial charge is 0.464 e. The number of fused-ring (bicyclic) bond motifs is 2. The van der Waals surface area contributed by atoms with Gasteiger partial charge in [0.25, 0.3) is 31.4 Å². The van der Waals surface area contributed by atoms with Crippen molar-refractivity contribution in [3.05, 3.63) is 44.1 Å². The van der Waals surface area contributed by atoms with Crippen LogP contribution in [0, 0.1) is 13.8 Å². The molecule has 1 aromatic carbocycles. The van der Waals surface area contributed by atoms with Crippen molar-refractivity contribution in [2.75, 3.05) is 6.61 Å². The molecular weight excluding hydrogens is 468 g/mol. The van der Waals surface area contributed by atoms with Crippen LogP contribution in [0.4, 0.5) is 0 Å². The molecule has 35 heavy (non-hydrogen) atoms. The third-order valence-corrected chi connectivity index (χ3v) is 5.32. The second-order valence-corrected chi connectivity index (χ2v) is 7.36. The molecule has 0 radical (unpaired) electrons. The summed E-state index contributed by atoms with van der Waals surface area (Å²) in [6.45, 7) is 3.06. The lowest BCUT2D eigenvalue weighted by atomic mass is 10.1. The molecule has 0 saturated heterocycles. The first-order valence-corrected chi connectivity index (χ1v) is 10.1. The predicted molar refractivity (Wildman–Crippen MR) is 115 cm³/mol. The normalized spacial score (nSPS) is 13.4. The molecule has 184 valence electrons. The summed E-state index contributed by atoms with van der Waals surface area (Å²) in [7, 11) is 0. The molecule has 3 rings (SSSR count). The SMILES string of the molecule is Cc1cc2nc3c(=O)[nH]c(=O)nc-3n(CC(OC=O)C(OC=O)C(COC=O)OC=O)c2cc1C. The van der Waals surface area contributed by atoms with Crippen molar-refractivity contribution < 1.29 is 38.1 Å². The minimum atomic E-state index is -1.45. The highest BCUT2D eigenvalue weighted by atomic mass is 16.6. The molecule has 1 N–H and O–H groups in total. The quantitative estimate of drug-likeness (QED) is 0.176. The van der Waals surface area contributed by atoms with Crippen LogP contribution >= 0.6 is 0 Å². The van der Waals surface area contributed by atoms with Crippen LogP contribution in [0.2, 0.25) is 0 Å². The van der Waals surface area contributed by atoms with Crippen molar-refractivity contribution >= 4 is 36.9 Å². The highest BCUT2D eigenvalue weighted by Gasteiger charge is 2.36. The van der Waals surface area contributed by atoms with Crippen LogP contribution in [0.15, 0.2) is 21.7 Å². The van der Waals surface area contributed by atoms with Gasteiger partial charge in [0.2, 0.25) is 0 Å². The van der Waals surface area contributed by atoms with Gasteiger partial charge >= 0.3 is 5.69 Å². The summed E-state index contributed by atoms with van der Waals surface area (Å²) in [5.74, 6) is -0.129.